The van der Waals surface area contributed by atoms with E-state index < -0.39 is 0 Å². The molecule has 0 radical (unpaired) electrons. The van der Waals surface area contributed by atoms with Crippen LogP contribution in [-0.4, -0.2) is 32.1 Å². The Morgan fingerprint density at radius 1 is 0.967 bits per heavy atom. The van der Waals surface area contributed by atoms with E-state index in [4.69, 9.17) is 0 Å². The zero-order chi connectivity index (χ0) is 21.3. The van der Waals surface area contributed by atoms with Crippen LogP contribution in [0.5, 0.6) is 0 Å². The third-order valence-electron chi connectivity index (χ3n) is 6.84. The van der Waals surface area contributed by atoms with Crippen LogP contribution in [0.2, 0.25) is 0 Å². The Balaban J connectivity index is 1.43. The van der Waals surface area contributed by atoms with E-state index in [1.54, 1.807) is 28.9 Å². The summed E-state index contributed by atoms with van der Waals surface area (Å²) in [5.74, 6) is -0.799. The molecular weight excluding hydrogens is 514 g/mol. The van der Waals surface area contributed by atoms with Crippen molar-refractivity contribution in [2.24, 2.45) is 23.7 Å². The molecule has 0 spiro atoms. The van der Waals surface area contributed by atoms with Crippen molar-refractivity contribution >= 4 is 55.3 Å². The summed E-state index contributed by atoms with van der Waals surface area (Å²) >= 11 is 7.41. The van der Waals surface area contributed by atoms with Crippen LogP contribution < -0.4 is 10.3 Å². The van der Waals surface area contributed by atoms with E-state index in [2.05, 4.69) is 37.3 Å². The molecule has 1 aromatic heterocycles. The predicted molar refractivity (Wildman–Crippen MR) is 121 cm³/mol. The van der Waals surface area contributed by atoms with Crippen molar-refractivity contribution in [2.45, 2.75) is 29.9 Å². The van der Waals surface area contributed by atoms with Crippen LogP contribution in [0.25, 0.3) is 0 Å². The van der Waals surface area contributed by atoms with Gasteiger partial charge in [-0.1, -0.05) is 37.9 Å². The lowest BCUT2D eigenvalue weighted by Crippen LogP contribution is -2.37. The van der Waals surface area contributed by atoms with Gasteiger partial charge in [-0.25, -0.2) is 0 Å². The zero-order valence-corrected chi connectivity index (χ0v) is 19.7. The van der Waals surface area contributed by atoms with Crippen LogP contribution in [-0.2, 0) is 9.59 Å². The minimum Gasteiger partial charge on any atom is -0.274 e. The number of alkyl halides is 2. The van der Waals surface area contributed by atoms with E-state index >= 15 is 0 Å². The van der Waals surface area contributed by atoms with Gasteiger partial charge in [0.05, 0.1) is 17.5 Å². The summed E-state index contributed by atoms with van der Waals surface area (Å²) in [5.41, 5.74) is 5.56. The Bertz CT molecular complexity index is 1030. The van der Waals surface area contributed by atoms with Gasteiger partial charge in [0.2, 0.25) is 11.8 Å². The van der Waals surface area contributed by atoms with Crippen molar-refractivity contribution in [1.82, 2.24) is 4.68 Å². The maximum Gasteiger partial charge on any atom is 0.270 e. The summed E-state index contributed by atoms with van der Waals surface area (Å²) in [6.07, 6.45) is 0.893. The number of fused-ring (bicyclic) bond motifs is 5. The van der Waals surface area contributed by atoms with E-state index in [1.165, 1.54) is 4.90 Å². The fraction of sp³-hybridized carbons (Fsp3) is 0.409. The van der Waals surface area contributed by atoms with E-state index in [-0.39, 0.29) is 51.0 Å². The zero-order valence-electron chi connectivity index (χ0n) is 16.5. The Labute approximate surface area is 191 Å². The Morgan fingerprint density at radius 3 is 2.10 bits per heavy atom. The number of halogens is 2. The summed E-state index contributed by atoms with van der Waals surface area (Å²) in [6.45, 7) is 3.82. The number of hydrogen-bond acceptors (Lipinski definition) is 3. The summed E-state index contributed by atoms with van der Waals surface area (Å²) in [5, 5.41) is 0. The maximum atomic E-state index is 13.2. The first-order chi connectivity index (χ1) is 14.3. The number of rotatable bonds is 3. The van der Waals surface area contributed by atoms with Gasteiger partial charge < -0.3 is 0 Å². The molecule has 2 bridgehead atoms. The quantitative estimate of drug-likeness (QED) is 0.481. The van der Waals surface area contributed by atoms with E-state index in [0.717, 1.165) is 17.8 Å². The van der Waals surface area contributed by atoms with Crippen molar-refractivity contribution in [3.8, 4) is 0 Å². The second-order valence-electron chi connectivity index (χ2n) is 8.46. The SMILES string of the molecule is Cc1ccc(C)n1NC(=O)c1cccc(N2C(=O)[C@@H]3[C@H]4C[C@@H]([C@H](Br)[C@@H]4Br)[C@@H]3C2=O)c1. The van der Waals surface area contributed by atoms with Crippen molar-refractivity contribution in [2.75, 3.05) is 10.3 Å². The molecule has 1 saturated heterocycles. The lowest BCUT2D eigenvalue weighted by atomic mass is 9.81. The minimum atomic E-state index is -0.292. The van der Waals surface area contributed by atoms with Crippen LogP contribution in [0, 0.1) is 37.5 Å². The molecule has 6 atom stereocenters. The summed E-state index contributed by atoms with van der Waals surface area (Å²) in [7, 11) is 0. The number of aromatic nitrogens is 1. The number of nitrogens with one attached hydrogen (secondary N) is 1. The topological polar surface area (TPSA) is 71.4 Å². The molecule has 2 aliphatic carbocycles. The van der Waals surface area contributed by atoms with Gasteiger partial charge in [-0.15, -0.1) is 0 Å². The number of carbonyl (C=O) groups excluding carboxylic acids is 3. The van der Waals surface area contributed by atoms with Gasteiger partial charge in [0, 0.05) is 26.6 Å². The number of imide groups is 1. The monoisotopic (exact) mass is 533 g/mol. The number of amides is 3. The van der Waals surface area contributed by atoms with Gasteiger partial charge in [-0.3, -0.25) is 29.4 Å². The molecular formula is C22H21Br2N3O3. The van der Waals surface area contributed by atoms with Gasteiger partial charge in [-0.2, -0.15) is 0 Å². The van der Waals surface area contributed by atoms with Gasteiger partial charge in [-0.05, 0) is 62.4 Å². The second kappa shape index (κ2) is 7.05. The van der Waals surface area contributed by atoms with E-state index in [1.807, 2.05) is 26.0 Å². The second-order valence-corrected chi connectivity index (χ2v) is 10.6. The Kier molecular flexibility index (Phi) is 4.70. The molecule has 8 heteroatoms. The molecule has 5 rings (SSSR count). The molecule has 2 heterocycles. The lowest BCUT2D eigenvalue weighted by molar-refractivity contribution is -0.123. The van der Waals surface area contributed by atoms with E-state index in [0.29, 0.717) is 11.3 Å². The highest BCUT2D eigenvalue weighted by atomic mass is 79.9. The molecule has 1 N–H and O–H groups in total. The van der Waals surface area contributed by atoms with Gasteiger partial charge in [0.25, 0.3) is 5.91 Å². The van der Waals surface area contributed by atoms with Crippen molar-refractivity contribution < 1.29 is 14.4 Å². The number of benzene rings is 1. The van der Waals surface area contributed by atoms with Crippen LogP contribution >= 0.6 is 31.9 Å². The van der Waals surface area contributed by atoms with Gasteiger partial charge >= 0.3 is 0 Å². The molecule has 1 aliphatic heterocycles. The number of hydrogen-bond donors (Lipinski definition) is 1. The molecule has 2 saturated carbocycles. The number of aryl methyl sites for hydroxylation is 2. The van der Waals surface area contributed by atoms with Crippen molar-refractivity contribution in [1.29, 1.82) is 0 Å². The molecule has 6 nitrogen and oxygen atoms in total. The normalized spacial score (nSPS) is 32.1. The van der Waals surface area contributed by atoms with Crippen LogP contribution in [0.1, 0.15) is 28.2 Å². The number of nitrogens with zero attached hydrogens (tertiary/aromatic N) is 2. The van der Waals surface area contributed by atoms with E-state index in [9.17, 15) is 14.4 Å². The molecule has 2 aromatic rings. The molecule has 156 valence electrons. The highest BCUT2D eigenvalue weighted by molar-refractivity contribution is 9.12. The number of anilines is 1. The molecule has 30 heavy (non-hydrogen) atoms. The molecule has 3 amide bonds. The first-order valence-corrected chi connectivity index (χ1v) is 11.8. The van der Waals surface area contributed by atoms with Crippen LogP contribution in [0.15, 0.2) is 36.4 Å². The van der Waals surface area contributed by atoms with Crippen LogP contribution in [0.3, 0.4) is 0 Å². The fourth-order valence-electron chi connectivity index (χ4n) is 5.40. The predicted octanol–water partition coefficient (Wildman–Crippen LogP) is 3.77. The lowest BCUT2D eigenvalue weighted by Gasteiger charge is -2.28. The Hall–Kier alpha value is -1.93. The first-order valence-electron chi connectivity index (χ1n) is 10.0. The highest BCUT2D eigenvalue weighted by Gasteiger charge is 2.66. The molecule has 3 aliphatic rings. The standard InChI is InChI=1S/C22H21Br2N3O3/c1-10-6-7-11(2)27(10)25-20(28)12-4-3-5-13(8-12)26-21(29)16-14-9-15(17(16)22(26)30)19(24)18(14)23/h3-8,14-19H,9H2,1-2H3,(H,25,28)/t14-,15-,16-,17+,18-,19+/m1/s1. The molecule has 0 unspecified atom stereocenters. The smallest absolute Gasteiger partial charge is 0.270 e. The average Bonchev–Trinajstić information content (AvgIpc) is 3.42. The third kappa shape index (κ3) is 2.76. The van der Waals surface area contributed by atoms with Crippen LogP contribution in [0.4, 0.5) is 5.69 Å². The summed E-state index contributed by atoms with van der Waals surface area (Å²) in [6, 6.07) is 10.6. The third-order valence-corrected chi connectivity index (χ3v) is 10.0. The van der Waals surface area contributed by atoms with Gasteiger partial charge in [0.1, 0.15) is 0 Å². The van der Waals surface area contributed by atoms with Crippen molar-refractivity contribution in [3.63, 3.8) is 0 Å². The number of carbonyl (C=O) groups is 3. The molecule has 3 fully saturated rings. The average molecular weight is 535 g/mol. The fourth-order valence-corrected chi connectivity index (χ4v) is 7.27. The summed E-state index contributed by atoms with van der Waals surface area (Å²) in [4.78, 5) is 41.0. The highest BCUT2D eigenvalue weighted by Crippen LogP contribution is 2.60. The minimum absolute atomic E-state index is 0.143. The van der Waals surface area contributed by atoms with Crippen molar-refractivity contribution in [3.05, 3.63) is 53.3 Å². The van der Waals surface area contributed by atoms with Gasteiger partial charge in [0.15, 0.2) is 0 Å². The molecule has 1 aromatic carbocycles. The summed E-state index contributed by atoms with van der Waals surface area (Å²) < 4.78 is 1.72. The first kappa shape index (κ1) is 20.0. The largest absolute Gasteiger partial charge is 0.274 e. The maximum absolute atomic E-state index is 13.2. The Morgan fingerprint density at radius 2 is 1.53 bits per heavy atom.